The van der Waals surface area contributed by atoms with Gasteiger partial charge in [0.25, 0.3) is 0 Å². The second-order valence-corrected chi connectivity index (χ2v) is 5.25. The molecule has 2 heteroatoms. The van der Waals surface area contributed by atoms with Crippen LogP contribution in [0.15, 0.2) is 0 Å². The summed E-state index contributed by atoms with van der Waals surface area (Å²) in [5.41, 5.74) is 0. The molecule has 2 rings (SSSR count). The standard InChI is InChI=1S/C13H26N2/c1-3-12(9-11-5-6-11)15-8-7-14-10-13(15)4-2/h11-14H,3-10H2,1-2H3. The molecule has 0 aromatic rings. The summed E-state index contributed by atoms with van der Waals surface area (Å²) >= 11 is 0. The largest absolute Gasteiger partial charge is 0.314 e. The van der Waals surface area contributed by atoms with Gasteiger partial charge in [-0.1, -0.05) is 26.7 Å². The van der Waals surface area contributed by atoms with Crippen molar-refractivity contribution in [3.05, 3.63) is 0 Å². The zero-order chi connectivity index (χ0) is 10.7. The highest BCUT2D eigenvalue weighted by atomic mass is 15.2. The molecule has 2 atom stereocenters. The first-order chi connectivity index (χ1) is 7.35. The van der Waals surface area contributed by atoms with Gasteiger partial charge < -0.3 is 5.32 Å². The Labute approximate surface area is 94.4 Å². The highest BCUT2D eigenvalue weighted by molar-refractivity contribution is 4.87. The zero-order valence-corrected chi connectivity index (χ0v) is 10.3. The molecule has 2 nitrogen and oxygen atoms in total. The molecular formula is C13H26N2. The van der Waals surface area contributed by atoms with Crippen molar-refractivity contribution in [2.24, 2.45) is 5.92 Å². The van der Waals surface area contributed by atoms with Gasteiger partial charge in [0.05, 0.1) is 0 Å². The Morgan fingerprint density at radius 1 is 1.33 bits per heavy atom. The number of rotatable bonds is 5. The van der Waals surface area contributed by atoms with Crippen LogP contribution >= 0.6 is 0 Å². The van der Waals surface area contributed by atoms with Gasteiger partial charge >= 0.3 is 0 Å². The topological polar surface area (TPSA) is 15.3 Å². The molecule has 1 N–H and O–H groups in total. The molecule has 2 fully saturated rings. The van der Waals surface area contributed by atoms with Crippen LogP contribution in [0.1, 0.15) is 46.0 Å². The van der Waals surface area contributed by atoms with Crippen molar-refractivity contribution in [1.29, 1.82) is 0 Å². The van der Waals surface area contributed by atoms with E-state index in [0.29, 0.717) is 0 Å². The van der Waals surface area contributed by atoms with Crippen LogP contribution in [-0.2, 0) is 0 Å². The Morgan fingerprint density at radius 2 is 2.13 bits per heavy atom. The van der Waals surface area contributed by atoms with Crippen molar-refractivity contribution in [3.63, 3.8) is 0 Å². The van der Waals surface area contributed by atoms with Crippen LogP contribution in [0.3, 0.4) is 0 Å². The maximum atomic E-state index is 3.52. The van der Waals surface area contributed by atoms with Crippen molar-refractivity contribution >= 4 is 0 Å². The maximum absolute atomic E-state index is 3.52. The van der Waals surface area contributed by atoms with E-state index in [4.69, 9.17) is 0 Å². The molecule has 1 saturated heterocycles. The fraction of sp³-hybridized carbons (Fsp3) is 1.00. The first kappa shape index (κ1) is 11.4. The summed E-state index contributed by atoms with van der Waals surface area (Å²) < 4.78 is 0. The van der Waals surface area contributed by atoms with E-state index in [0.717, 1.165) is 18.0 Å². The highest BCUT2D eigenvalue weighted by Gasteiger charge is 2.31. The van der Waals surface area contributed by atoms with Gasteiger partial charge in [0.1, 0.15) is 0 Å². The van der Waals surface area contributed by atoms with Crippen molar-refractivity contribution in [2.45, 2.75) is 58.0 Å². The van der Waals surface area contributed by atoms with E-state index in [1.807, 2.05) is 0 Å². The summed E-state index contributed by atoms with van der Waals surface area (Å²) in [5, 5.41) is 3.52. The number of hydrogen-bond acceptors (Lipinski definition) is 2. The van der Waals surface area contributed by atoms with Gasteiger partial charge in [-0.25, -0.2) is 0 Å². The minimum Gasteiger partial charge on any atom is -0.314 e. The Morgan fingerprint density at radius 3 is 2.73 bits per heavy atom. The van der Waals surface area contributed by atoms with Crippen LogP contribution in [0.4, 0.5) is 0 Å². The first-order valence-corrected chi connectivity index (χ1v) is 6.81. The van der Waals surface area contributed by atoms with Gasteiger partial charge in [-0.2, -0.15) is 0 Å². The van der Waals surface area contributed by atoms with E-state index in [-0.39, 0.29) is 0 Å². The summed E-state index contributed by atoms with van der Waals surface area (Å²) in [6, 6.07) is 1.66. The van der Waals surface area contributed by atoms with E-state index in [1.54, 1.807) is 0 Å². The molecule has 0 amide bonds. The summed E-state index contributed by atoms with van der Waals surface area (Å²) in [7, 11) is 0. The molecule has 2 unspecified atom stereocenters. The van der Waals surface area contributed by atoms with Gasteiger partial charge in [-0.15, -0.1) is 0 Å². The molecule has 15 heavy (non-hydrogen) atoms. The molecule has 0 radical (unpaired) electrons. The summed E-state index contributed by atoms with van der Waals surface area (Å²) in [6.07, 6.45) is 7.10. The lowest BCUT2D eigenvalue weighted by molar-refractivity contribution is 0.0914. The lowest BCUT2D eigenvalue weighted by atomic mass is 10.0. The lowest BCUT2D eigenvalue weighted by Gasteiger charge is -2.41. The van der Waals surface area contributed by atoms with Crippen LogP contribution in [0, 0.1) is 5.92 Å². The van der Waals surface area contributed by atoms with Crippen LogP contribution in [0.5, 0.6) is 0 Å². The predicted molar refractivity (Wildman–Crippen MR) is 65.1 cm³/mol. The van der Waals surface area contributed by atoms with E-state index in [2.05, 4.69) is 24.1 Å². The molecule has 1 heterocycles. The van der Waals surface area contributed by atoms with Crippen LogP contribution in [0.25, 0.3) is 0 Å². The lowest BCUT2D eigenvalue weighted by Crippen LogP contribution is -2.54. The molecular weight excluding hydrogens is 184 g/mol. The number of nitrogens with zero attached hydrogens (tertiary/aromatic N) is 1. The van der Waals surface area contributed by atoms with Gasteiger partial charge in [0.2, 0.25) is 0 Å². The third-order valence-electron chi connectivity index (χ3n) is 4.11. The summed E-state index contributed by atoms with van der Waals surface area (Å²) in [6.45, 7) is 8.36. The third-order valence-corrected chi connectivity index (χ3v) is 4.11. The van der Waals surface area contributed by atoms with Crippen molar-refractivity contribution < 1.29 is 0 Å². The average molecular weight is 210 g/mol. The molecule has 1 aliphatic heterocycles. The molecule has 0 spiro atoms. The molecule has 88 valence electrons. The smallest absolute Gasteiger partial charge is 0.0221 e. The van der Waals surface area contributed by atoms with Crippen LogP contribution in [-0.4, -0.2) is 36.6 Å². The Hall–Kier alpha value is -0.0800. The van der Waals surface area contributed by atoms with Crippen LogP contribution < -0.4 is 5.32 Å². The van der Waals surface area contributed by atoms with Crippen molar-refractivity contribution in [2.75, 3.05) is 19.6 Å². The van der Waals surface area contributed by atoms with Crippen LogP contribution in [0.2, 0.25) is 0 Å². The molecule has 0 aromatic carbocycles. The molecule has 2 aliphatic rings. The molecule has 0 aromatic heterocycles. The summed E-state index contributed by atoms with van der Waals surface area (Å²) in [4.78, 5) is 2.79. The first-order valence-electron chi connectivity index (χ1n) is 6.81. The van der Waals surface area contributed by atoms with Crippen molar-refractivity contribution in [3.8, 4) is 0 Å². The quantitative estimate of drug-likeness (QED) is 0.749. The predicted octanol–water partition coefficient (Wildman–Crippen LogP) is 2.25. The molecule has 0 bridgehead atoms. The SMILES string of the molecule is CCC1CNCCN1C(CC)CC1CC1. The van der Waals surface area contributed by atoms with Crippen molar-refractivity contribution in [1.82, 2.24) is 10.2 Å². The second-order valence-electron chi connectivity index (χ2n) is 5.25. The summed E-state index contributed by atoms with van der Waals surface area (Å²) in [5.74, 6) is 1.07. The number of nitrogens with one attached hydrogen (secondary N) is 1. The zero-order valence-electron chi connectivity index (χ0n) is 10.3. The van der Waals surface area contributed by atoms with E-state index < -0.39 is 0 Å². The Bertz CT molecular complexity index is 189. The second kappa shape index (κ2) is 5.31. The number of hydrogen-bond donors (Lipinski definition) is 1. The monoisotopic (exact) mass is 210 g/mol. The fourth-order valence-corrected chi connectivity index (χ4v) is 2.91. The van der Waals surface area contributed by atoms with E-state index >= 15 is 0 Å². The Balaban J connectivity index is 1.90. The number of piperazine rings is 1. The molecule has 1 saturated carbocycles. The highest BCUT2D eigenvalue weighted by Crippen LogP contribution is 2.36. The molecule has 1 aliphatic carbocycles. The maximum Gasteiger partial charge on any atom is 0.0221 e. The Kier molecular flexibility index (Phi) is 4.04. The average Bonchev–Trinajstić information content (AvgIpc) is 3.10. The minimum absolute atomic E-state index is 0.794. The van der Waals surface area contributed by atoms with Gasteiger partial charge in [-0.3, -0.25) is 4.90 Å². The minimum atomic E-state index is 0.794. The van der Waals surface area contributed by atoms with E-state index in [1.165, 1.54) is 51.7 Å². The van der Waals surface area contributed by atoms with Gasteiger partial charge in [-0.05, 0) is 25.2 Å². The normalized spacial score (nSPS) is 30.4. The third kappa shape index (κ3) is 2.94. The van der Waals surface area contributed by atoms with Gasteiger partial charge in [0, 0.05) is 31.7 Å². The van der Waals surface area contributed by atoms with Gasteiger partial charge in [0.15, 0.2) is 0 Å². The van der Waals surface area contributed by atoms with E-state index in [9.17, 15) is 0 Å². The fourth-order valence-electron chi connectivity index (χ4n) is 2.91.